The fourth-order valence-corrected chi connectivity index (χ4v) is 1.77. The van der Waals surface area contributed by atoms with Gasteiger partial charge in [-0.25, -0.2) is 9.59 Å². The number of hydrogen-bond donors (Lipinski definition) is 2. The number of carbonyl (C=O) groups is 2. The molecule has 0 aliphatic heterocycles. The molecule has 2 aromatic rings. The van der Waals surface area contributed by atoms with Crippen LogP contribution in [-0.4, -0.2) is 17.2 Å². The van der Waals surface area contributed by atoms with Crippen LogP contribution in [0.4, 0.5) is 10.5 Å². The number of halogens is 1. The van der Waals surface area contributed by atoms with E-state index in [0.717, 1.165) is 0 Å². The van der Waals surface area contributed by atoms with Crippen molar-refractivity contribution in [3.05, 3.63) is 59.1 Å². The van der Waals surface area contributed by atoms with Crippen molar-refractivity contribution in [3.8, 4) is 5.75 Å². The van der Waals surface area contributed by atoms with Crippen LogP contribution in [0.5, 0.6) is 5.75 Å². The molecule has 2 rings (SSSR count). The molecule has 0 fully saturated rings. The molecule has 6 heteroatoms. The second-order valence-electron chi connectivity index (χ2n) is 3.80. The van der Waals surface area contributed by atoms with Crippen molar-refractivity contribution in [2.75, 3.05) is 5.32 Å². The topological polar surface area (TPSA) is 75.6 Å². The largest absolute Gasteiger partial charge is 0.478 e. The van der Waals surface area contributed by atoms with Gasteiger partial charge in [-0.1, -0.05) is 35.9 Å². The molecule has 2 aromatic carbocycles. The summed E-state index contributed by atoms with van der Waals surface area (Å²) in [5.74, 6) is -0.851. The van der Waals surface area contributed by atoms with Crippen molar-refractivity contribution in [2.45, 2.75) is 0 Å². The van der Waals surface area contributed by atoms with E-state index in [1.54, 1.807) is 30.3 Å². The highest BCUT2D eigenvalue weighted by Crippen LogP contribution is 2.26. The van der Waals surface area contributed by atoms with Gasteiger partial charge in [0.2, 0.25) is 0 Å². The number of carboxylic acid groups (broad SMARTS) is 1. The van der Waals surface area contributed by atoms with Crippen molar-refractivity contribution < 1.29 is 19.4 Å². The van der Waals surface area contributed by atoms with Gasteiger partial charge in [-0.3, -0.25) is 5.32 Å². The zero-order chi connectivity index (χ0) is 14.5. The van der Waals surface area contributed by atoms with Gasteiger partial charge in [0.1, 0.15) is 5.75 Å². The number of anilines is 1. The number of amides is 1. The van der Waals surface area contributed by atoms with Gasteiger partial charge in [0.15, 0.2) is 0 Å². The molecule has 5 nitrogen and oxygen atoms in total. The number of benzene rings is 2. The van der Waals surface area contributed by atoms with Crippen LogP contribution in [0.25, 0.3) is 0 Å². The van der Waals surface area contributed by atoms with Crippen LogP contribution >= 0.6 is 11.6 Å². The molecule has 20 heavy (non-hydrogen) atoms. The van der Waals surface area contributed by atoms with E-state index in [9.17, 15) is 9.59 Å². The molecule has 1 amide bonds. The van der Waals surface area contributed by atoms with E-state index in [1.807, 2.05) is 0 Å². The van der Waals surface area contributed by atoms with E-state index in [-0.39, 0.29) is 16.3 Å². The van der Waals surface area contributed by atoms with Crippen molar-refractivity contribution in [1.82, 2.24) is 0 Å². The Bertz CT molecular complexity index is 643. The van der Waals surface area contributed by atoms with Gasteiger partial charge in [0, 0.05) is 0 Å². The lowest BCUT2D eigenvalue weighted by Crippen LogP contribution is -2.19. The van der Waals surface area contributed by atoms with Crippen molar-refractivity contribution in [3.63, 3.8) is 0 Å². The average molecular weight is 292 g/mol. The molecular weight excluding hydrogens is 282 g/mol. The maximum absolute atomic E-state index is 11.7. The molecule has 0 atom stereocenters. The van der Waals surface area contributed by atoms with Crippen LogP contribution in [0.2, 0.25) is 5.02 Å². The number of para-hydroxylation sites is 2. The molecule has 0 spiro atoms. The van der Waals surface area contributed by atoms with E-state index in [1.165, 1.54) is 18.2 Å². The summed E-state index contributed by atoms with van der Waals surface area (Å²) in [5.41, 5.74) is -0.106. The summed E-state index contributed by atoms with van der Waals surface area (Å²) >= 11 is 5.89. The minimum absolute atomic E-state index is 0.00241. The van der Waals surface area contributed by atoms with E-state index in [0.29, 0.717) is 5.75 Å². The molecule has 0 aromatic heterocycles. The normalized spacial score (nSPS) is 9.85. The molecule has 2 N–H and O–H groups in total. The predicted octanol–water partition coefficient (Wildman–Crippen LogP) is 3.65. The summed E-state index contributed by atoms with van der Waals surface area (Å²) in [6.45, 7) is 0. The number of aromatic carboxylic acids is 1. The molecule has 0 bridgehead atoms. The molecule has 102 valence electrons. The lowest BCUT2D eigenvalue weighted by molar-refractivity contribution is 0.0698. The van der Waals surface area contributed by atoms with Crippen LogP contribution in [0.1, 0.15) is 10.4 Å². The Morgan fingerprint density at radius 1 is 1.05 bits per heavy atom. The van der Waals surface area contributed by atoms with Gasteiger partial charge in [-0.2, -0.15) is 0 Å². The zero-order valence-electron chi connectivity index (χ0n) is 10.2. The summed E-state index contributed by atoms with van der Waals surface area (Å²) in [5, 5.41) is 11.5. The van der Waals surface area contributed by atoms with E-state index in [2.05, 4.69) is 5.32 Å². The van der Waals surface area contributed by atoms with Gasteiger partial charge in [-0.15, -0.1) is 0 Å². The zero-order valence-corrected chi connectivity index (χ0v) is 10.9. The quantitative estimate of drug-likeness (QED) is 0.905. The first-order chi connectivity index (χ1) is 9.58. The first-order valence-electron chi connectivity index (χ1n) is 5.63. The van der Waals surface area contributed by atoms with Gasteiger partial charge in [0.05, 0.1) is 16.3 Å². The Labute approximate surface area is 119 Å². The van der Waals surface area contributed by atoms with E-state index >= 15 is 0 Å². The molecule has 0 saturated carbocycles. The Morgan fingerprint density at radius 2 is 1.75 bits per heavy atom. The predicted molar refractivity (Wildman–Crippen MR) is 74.5 cm³/mol. The highest BCUT2D eigenvalue weighted by molar-refractivity contribution is 6.34. The Balaban J connectivity index is 2.18. The number of rotatable bonds is 3. The molecule has 0 radical (unpaired) electrons. The fourth-order valence-electron chi connectivity index (χ4n) is 1.55. The SMILES string of the molecule is O=C(Nc1c(Cl)cccc1C(=O)O)Oc1ccccc1. The van der Waals surface area contributed by atoms with Gasteiger partial charge in [-0.05, 0) is 24.3 Å². The molecule has 0 unspecified atom stereocenters. The molecule has 0 aliphatic carbocycles. The maximum atomic E-state index is 11.7. The highest BCUT2D eigenvalue weighted by atomic mass is 35.5. The summed E-state index contributed by atoms with van der Waals surface area (Å²) in [4.78, 5) is 22.8. The number of hydrogen-bond acceptors (Lipinski definition) is 3. The summed E-state index contributed by atoms with van der Waals surface area (Å²) in [6, 6.07) is 12.7. The number of carboxylic acids is 1. The third-order valence-corrected chi connectivity index (χ3v) is 2.74. The number of carbonyl (C=O) groups excluding carboxylic acids is 1. The molecule has 0 aliphatic rings. The summed E-state index contributed by atoms with van der Waals surface area (Å²) in [6.07, 6.45) is -0.813. The second kappa shape index (κ2) is 6.08. The Hall–Kier alpha value is -2.53. The lowest BCUT2D eigenvalue weighted by atomic mass is 10.2. The van der Waals surface area contributed by atoms with E-state index in [4.69, 9.17) is 21.4 Å². The van der Waals surface area contributed by atoms with Crippen molar-refractivity contribution in [2.24, 2.45) is 0 Å². The van der Waals surface area contributed by atoms with Crippen LogP contribution in [-0.2, 0) is 0 Å². The first-order valence-corrected chi connectivity index (χ1v) is 6.01. The van der Waals surface area contributed by atoms with Gasteiger partial charge in [0.25, 0.3) is 0 Å². The Morgan fingerprint density at radius 3 is 2.40 bits per heavy atom. The lowest BCUT2D eigenvalue weighted by Gasteiger charge is -2.10. The van der Waals surface area contributed by atoms with Crippen LogP contribution < -0.4 is 10.1 Å². The monoisotopic (exact) mass is 291 g/mol. The summed E-state index contributed by atoms with van der Waals surface area (Å²) in [7, 11) is 0. The smallest absolute Gasteiger partial charge is 0.417 e. The highest BCUT2D eigenvalue weighted by Gasteiger charge is 2.16. The van der Waals surface area contributed by atoms with Gasteiger partial charge >= 0.3 is 12.1 Å². The Kier molecular flexibility index (Phi) is 4.22. The minimum atomic E-state index is -1.19. The standard InChI is InChI=1S/C14H10ClNO4/c15-11-8-4-7-10(13(17)18)12(11)16-14(19)20-9-5-2-1-3-6-9/h1-8H,(H,16,19)(H,17,18). The van der Waals surface area contributed by atoms with Crippen LogP contribution in [0.3, 0.4) is 0 Å². The fraction of sp³-hybridized carbons (Fsp3) is 0. The van der Waals surface area contributed by atoms with Crippen molar-refractivity contribution in [1.29, 1.82) is 0 Å². The molecule has 0 saturated heterocycles. The third-order valence-electron chi connectivity index (χ3n) is 2.42. The first kappa shape index (κ1) is 13.9. The summed E-state index contributed by atoms with van der Waals surface area (Å²) < 4.78 is 5.01. The van der Waals surface area contributed by atoms with Crippen molar-refractivity contribution >= 4 is 29.4 Å². The number of nitrogens with one attached hydrogen (secondary N) is 1. The van der Waals surface area contributed by atoms with Crippen LogP contribution in [0.15, 0.2) is 48.5 Å². The number of ether oxygens (including phenoxy) is 1. The third kappa shape index (κ3) is 3.27. The minimum Gasteiger partial charge on any atom is -0.478 e. The maximum Gasteiger partial charge on any atom is 0.417 e. The van der Waals surface area contributed by atoms with E-state index < -0.39 is 12.1 Å². The average Bonchev–Trinajstić information content (AvgIpc) is 2.42. The van der Waals surface area contributed by atoms with Crippen LogP contribution in [0, 0.1) is 0 Å². The molecule has 0 heterocycles. The molecular formula is C14H10ClNO4. The second-order valence-corrected chi connectivity index (χ2v) is 4.20. The van der Waals surface area contributed by atoms with Gasteiger partial charge < -0.3 is 9.84 Å².